The van der Waals surface area contributed by atoms with E-state index in [0.29, 0.717) is 10.8 Å². The first-order valence-electron chi connectivity index (χ1n) is 8.94. The Morgan fingerprint density at radius 1 is 1.35 bits per heavy atom. The quantitative estimate of drug-likeness (QED) is 0.691. The molecule has 0 aliphatic heterocycles. The van der Waals surface area contributed by atoms with Crippen LogP contribution in [-0.2, 0) is 19.3 Å². The van der Waals surface area contributed by atoms with Crippen LogP contribution in [0.2, 0.25) is 0 Å². The molecule has 0 radical (unpaired) electrons. The number of hydrogen-bond donors (Lipinski definition) is 2. The molecule has 2 aromatic rings. The maximum absolute atomic E-state index is 11.8. The van der Waals surface area contributed by atoms with E-state index >= 15 is 0 Å². The van der Waals surface area contributed by atoms with E-state index in [1.54, 1.807) is 6.92 Å². The molecule has 0 unspecified atom stereocenters. The fraction of sp³-hybridized carbons (Fsp3) is 0.611. The Hall–Kier alpha value is -1.93. The van der Waals surface area contributed by atoms with E-state index in [2.05, 4.69) is 22.4 Å². The number of hydrogen-bond acceptors (Lipinski definition) is 7. The van der Waals surface area contributed by atoms with Gasteiger partial charge in [-0.3, -0.25) is 0 Å². The fourth-order valence-electron chi connectivity index (χ4n) is 2.53. The van der Waals surface area contributed by atoms with E-state index < -0.39 is 6.09 Å². The van der Waals surface area contributed by atoms with Crippen LogP contribution in [0.3, 0.4) is 0 Å². The number of carbonyl (C=O) groups is 1. The third-order valence-electron chi connectivity index (χ3n) is 4.04. The van der Waals surface area contributed by atoms with E-state index in [9.17, 15) is 4.79 Å². The lowest BCUT2D eigenvalue weighted by molar-refractivity contribution is 0.186. The standard InChI is InChI=1S/C18H27N3O4S/c1-5-6-7-15-14(13(4)25-21-15)8-9-16-20-12(3)17(26-16)24-18(23)19-11(2)10-22/h11,22H,5-10H2,1-4H3,(H,19,23)/t11-/m1/s1. The van der Waals surface area contributed by atoms with Crippen LogP contribution < -0.4 is 10.1 Å². The lowest BCUT2D eigenvalue weighted by atomic mass is 10.0. The van der Waals surface area contributed by atoms with Crippen molar-refractivity contribution in [3.05, 3.63) is 27.7 Å². The van der Waals surface area contributed by atoms with Crippen molar-refractivity contribution < 1.29 is 19.2 Å². The Bertz CT molecular complexity index is 726. The Kier molecular flexibility index (Phi) is 7.59. The van der Waals surface area contributed by atoms with Crippen LogP contribution in [0.25, 0.3) is 0 Å². The zero-order chi connectivity index (χ0) is 19.1. The number of rotatable bonds is 9. The molecule has 0 bridgehead atoms. The third-order valence-corrected chi connectivity index (χ3v) is 5.14. The maximum Gasteiger partial charge on any atom is 0.413 e. The van der Waals surface area contributed by atoms with Gasteiger partial charge < -0.3 is 19.7 Å². The molecule has 0 fully saturated rings. The molecule has 2 heterocycles. The molecule has 0 saturated carbocycles. The number of aromatic nitrogens is 2. The number of nitrogens with one attached hydrogen (secondary N) is 1. The van der Waals surface area contributed by atoms with Crippen molar-refractivity contribution in [2.24, 2.45) is 0 Å². The molecule has 0 aromatic carbocycles. The van der Waals surface area contributed by atoms with Crippen LogP contribution >= 0.6 is 11.3 Å². The third kappa shape index (κ3) is 5.54. The molecule has 1 amide bonds. The summed E-state index contributed by atoms with van der Waals surface area (Å²) in [5.41, 5.74) is 2.87. The van der Waals surface area contributed by atoms with Gasteiger partial charge in [0.05, 0.1) is 29.0 Å². The monoisotopic (exact) mass is 381 g/mol. The zero-order valence-corrected chi connectivity index (χ0v) is 16.6. The molecular weight excluding hydrogens is 354 g/mol. The molecule has 2 aromatic heterocycles. The van der Waals surface area contributed by atoms with Gasteiger partial charge in [0, 0.05) is 12.0 Å². The number of nitrogens with zero attached hydrogens (tertiary/aromatic N) is 2. The summed E-state index contributed by atoms with van der Waals surface area (Å²) in [5.74, 6) is 0.859. The van der Waals surface area contributed by atoms with Crippen LogP contribution in [0.5, 0.6) is 5.06 Å². The number of carbonyl (C=O) groups excluding carboxylic acids is 1. The minimum Gasteiger partial charge on any atom is -0.397 e. The molecule has 1 atom stereocenters. The van der Waals surface area contributed by atoms with Crippen LogP contribution in [0.1, 0.15) is 54.4 Å². The number of thiazole rings is 1. The molecule has 144 valence electrons. The highest BCUT2D eigenvalue weighted by Gasteiger charge is 2.17. The summed E-state index contributed by atoms with van der Waals surface area (Å²) >= 11 is 1.37. The molecule has 8 heteroatoms. The van der Waals surface area contributed by atoms with Crippen molar-refractivity contribution in [1.82, 2.24) is 15.5 Å². The second kappa shape index (κ2) is 9.68. The van der Waals surface area contributed by atoms with Crippen molar-refractivity contribution in [3.8, 4) is 5.06 Å². The van der Waals surface area contributed by atoms with Crippen LogP contribution in [-0.4, -0.2) is 34.0 Å². The largest absolute Gasteiger partial charge is 0.413 e. The fourth-order valence-corrected chi connectivity index (χ4v) is 3.44. The average Bonchev–Trinajstić information content (AvgIpc) is 3.13. The first-order valence-corrected chi connectivity index (χ1v) is 9.75. The minimum absolute atomic E-state index is 0.138. The maximum atomic E-state index is 11.8. The Balaban J connectivity index is 1.97. The molecule has 26 heavy (non-hydrogen) atoms. The molecular formula is C18H27N3O4S. The number of ether oxygens (including phenoxy) is 1. The summed E-state index contributed by atoms with van der Waals surface area (Å²) in [6.07, 6.45) is 4.10. The SMILES string of the molecule is CCCCc1noc(C)c1CCc1nc(C)c(OC(=O)N[C@H](C)CO)s1. The van der Waals surface area contributed by atoms with Gasteiger partial charge in [0.25, 0.3) is 0 Å². The zero-order valence-electron chi connectivity index (χ0n) is 15.8. The van der Waals surface area contributed by atoms with E-state index in [4.69, 9.17) is 14.4 Å². The highest BCUT2D eigenvalue weighted by atomic mass is 32.1. The van der Waals surface area contributed by atoms with Gasteiger partial charge in [-0.2, -0.15) is 0 Å². The first-order chi connectivity index (χ1) is 12.4. The lowest BCUT2D eigenvalue weighted by Gasteiger charge is -2.09. The Morgan fingerprint density at radius 3 is 2.81 bits per heavy atom. The van der Waals surface area contributed by atoms with Crippen LogP contribution in [0.15, 0.2) is 4.52 Å². The molecule has 0 aliphatic carbocycles. The summed E-state index contributed by atoms with van der Waals surface area (Å²) in [5, 5.41) is 17.1. The van der Waals surface area contributed by atoms with Gasteiger partial charge in [0.2, 0.25) is 5.06 Å². The average molecular weight is 381 g/mol. The topological polar surface area (TPSA) is 97.5 Å². The molecule has 0 spiro atoms. The van der Waals surface area contributed by atoms with Crippen molar-refractivity contribution in [3.63, 3.8) is 0 Å². The van der Waals surface area contributed by atoms with Crippen molar-refractivity contribution >= 4 is 17.4 Å². The lowest BCUT2D eigenvalue weighted by Crippen LogP contribution is -2.36. The van der Waals surface area contributed by atoms with E-state index in [0.717, 1.165) is 54.1 Å². The highest BCUT2D eigenvalue weighted by Crippen LogP contribution is 2.28. The number of unbranched alkanes of at least 4 members (excludes halogenated alkanes) is 1. The van der Waals surface area contributed by atoms with Crippen molar-refractivity contribution in [2.75, 3.05) is 6.61 Å². The van der Waals surface area contributed by atoms with Gasteiger partial charge in [0.15, 0.2) is 0 Å². The highest BCUT2D eigenvalue weighted by molar-refractivity contribution is 7.13. The van der Waals surface area contributed by atoms with Gasteiger partial charge in [-0.1, -0.05) is 29.8 Å². The van der Waals surface area contributed by atoms with Gasteiger partial charge >= 0.3 is 6.09 Å². The van der Waals surface area contributed by atoms with Crippen LogP contribution in [0, 0.1) is 13.8 Å². The van der Waals surface area contributed by atoms with Crippen molar-refractivity contribution in [1.29, 1.82) is 0 Å². The Labute approximate surface area is 157 Å². The number of aliphatic hydroxyl groups excluding tert-OH is 1. The summed E-state index contributed by atoms with van der Waals surface area (Å²) < 4.78 is 10.6. The molecule has 2 rings (SSSR count). The number of aryl methyl sites for hydroxylation is 4. The summed E-state index contributed by atoms with van der Waals surface area (Å²) in [7, 11) is 0. The molecule has 0 saturated heterocycles. The van der Waals surface area contributed by atoms with Crippen LogP contribution in [0.4, 0.5) is 4.79 Å². The summed E-state index contributed by atoms with van der Waals surface area (Å²) in [6, 6.07) is -0.353. The summed E-state index contributed by atoms with van der Waals surface area (Å²) in [6.45, 7) is 7.47. The van der Waals surface area contributed by atoms with Gasteiger partial charge in [-0.05, 0) is 40.0 Å². The van der Waals surface area contributed by atoms with Gasteiger partial charge in [-0.15, -0.1) is 0 Å². The number of amides is 1. The summed E-state index contributed by atoms with van der Waals surface area (Å²) in [4.78, 5) is 16.3. The Morgan fingerprint density at radius 2 is 2.12 bits per heavy atom. The molecule has 0 aliphatic rings. The van der Waals surface area contributed by atoms with E-state index in [1.807, 2.05) is 13.8 Å². The van der Waals surface area contributed by atoms with Crippen molar-refractivity contribution in [2.45, 2.75) is 65.8 Å². The van der Waals surface area contributed by atoms with Gasteiger partial charge in [-0.25, -0.2) is 9.78 Å². The van der Waals surface area contributed by atoms with E-state index in [1.165, 1.54) is 11.3 Å². The number of aliphatic hydroxyl groups is 1. The predicted octanol–water partition coefficient (Wildman–Crippen LogP) is 3.34. The molecule has 7 nitrogen and oxygen atoms in total. The van der Waals surface area contributed by atoms with Gasteiger partial charge in [0.1, 0.15) is 5.76 Å². The smallest absolute Gasteiger partial charge is 0.397 e. The van der Waals surface area contributed by atoms with E-state index in [-0.39, 0.29) is 12.6 Å². The molecule has 2 N–H and O–H groups in total. The predicted molar refractivity (Wildman–Crippen MR) is 99.8 cm³/mol. The second-order valence-corrected chi connectivity index (χ2v) is 7.41. The minimum atomic E-state index is -0.582. The second-order valence-electron chi connectivity index (χ2n) is 6.37. The first kappa shape index (κ1) is 20.4. The normalized spacial score (nSPS) is 12.2.